The van der Waals surface area contributed by atoms with E-state index in [0.29, 0.717) is 6.61 Å². The molecule has 1 aliphatic carbocycles. The van der Waals surface area contributed by atoms with Gasteiger partial charge in [0.1, 0.15) is 6.61 Å². The van der Waals surface area contributed by atoms with E-state index < -0.39 is 0 Å². The first-order valence-corrected chi connectivity index (χ1v) is 7.95. The minimum absolute atomic E-state index is 0.0761. The lowest BCUT2D eigenvalue weighted by atomic mass is 9.84. The van der Waals surface area contributed by atoms with Gasteiger partial charge in [-0.3, -0.25) is 0 Å². The van der Waals surface area contributed by atoms with Crippen molar-refractivity contribution in [1.82, 2.24) is 0 Å². The number of ether oxygens (including phenoxy) is 1. The summed E-state index contributed by atoms with van der Waals surface area (Å²) < 4.78 is 5.83. The van der Waals surface area contributed by atoms with Gasteiger partial charge in [-0.05, 0) is 37.8 Å². The summed E-state index contributed by atoms with van der Waals surface area (Å²) in [5, 5.41) is 0. The molecule has 0 spiro atoms. The van der Waals surface area contributed by atoms with E-state index in [1.54, 1.807) is 0 Å². The highest BCUT2D eigenvalue weighted by Gasteiger charge is 2.28. The SMILES string of the molecule is CC1(C)COC(c2ccccc2CC2CCCCC2)=N1. The summed E-state index contributed by atoms with van der Waals surface area (Å²) in [5.74, 6) is 1.70. The summed E-state index contributed by atoms with van der Waals surface area (Å²) in [5.41, 5.74) is 2.55. The highest BCUT2D eigenvalue weighted by atomic mass is 16.5. The molecular weight excluding hydrogens is 246 g/mol. The quantitative estimate of drug-likeness (QED) is 0.800. The number of rotatable bonds is 3. The first-order valence-electron chi connectivity index (χ1n) is 7.95. The fourth-order valence-electron chi connectivity index (χ4n) is 3.33. The first kappa shape index (κ1) is 13.7. The smallest absolute Gasteiger partial charge is 0.217 e. The molecule has 2 nitrogen and oxygen atoms in total. The van der Waals surface area contributed by atoms with E-state index in [-0.39, 0.29) is 5.54 Å². The van der Waals surface area contributed by atoms with Crippen molar-refractivity contribution in [2.24, 2.45) is 10.9 Å². The molecule has 1 aromatic carbocycles. The summed E-state index contributed by atoms with van der Waals surface area (Å²) in [4.78, 5) is 4.74. The highest BCUT2D eigenvalue weighted by Crippen LogP contribution is 2.29. The van der Waals surface area contributed by atoms with Crippen LogP contribution in [-0.4, -0.2) is 18.0 Å². The van der Waals surface area contributed by atoms with Crippen LogP contribution in [0.5, 0.6) is 0 Å². The zero-order chi connectivity index (χ0) is 14.0. The van der Waals surface area contributed by atoms with Crippen molar-refractivity contribution < 1.29 is 4.74 Å². The molecule has 108 valence electrons. The first-order chi connectivity index (χ1) is 9.64. The van der Waals surface area contributed by atoms with Gasteiger partial charge in [-0.25, -0.2) is 4.99 Å². The molecule has 0 radical (unpaired) electrons. The minimum Gasteiger partial charge on any atom is -0.475 e. The zero-order valence-corrected chi connectivity index (χ0v) is 12.7. The van der Waals surface area contributed by atoms with E-state index in [0.717, 1.165) is 11.8 Å². The van der Waals surface area contributed by atoms with E-state index in [4.69, 9.17) is 9.73 Å². The molecular formula is C18H25NO. The van der Waals surface area contributed by atoms with Crippen LogP contribution < -0.4 is 0 Å². The topological polar surface area (TPSA) is 21.6 Å². The van der Waals surface area contributed by atoms with Gasteiger partial charge in [0, 0.05) is 5.56 Å². The number of benzene rings is 1. The lowest BCUT2D eigenvalue weighted by Crippen LogP contribution is -2.17. The molecule has 1 saturated carbocycles. The fourth-order valence-corrected chi connectivity index (χ4v) is 3.33. The van der Waals surface area contributed by atoms with Gasteiger partial charge in [-0.1, -0.05) is 50.3 Å². The maximum absolute atomic E-state index is 5.83. The third-order valence-electron chi connectivity index (χ3n) is 4.45. The molecule has 0 atom stereocenters. The molecule has 2 heteroatoms. The van der Waals surface area contributed by atoms with Crippen molar-refractivity contribution in [2.45, 2.75) is 57.9 Å². The van der Waals surface area contributed by atoms with Crippen molar-refractivity contribution in [3.63, 3.8) is 0 Å². The van der Waals surface area contributed by atoms with Gasteiger partial charge in [-0.2, -0.15) is 0 Å². The molecule has 1 fully saturated rings. The Morgan fingerprint density at radius 2 is 1.90 bits per heavy atom. The number of hydrogen-bond donors (Lipinski definition) is 0. The highest BCUT2D eigenvalue weighted by molar-refractivity contribution is 5.96. The standard InChI is InChI=1S/C18H25NO/c1-18(2)13-20-17(19-18)16-11-7-6-10-15(16)12-14-8-4-3-5-9-14/h6-7,10-11,14H,3-5,8-9,12-13H2,1-2H3. The maximum atomic E-state index is 5.83. The second kappa shape index (κ2) is 5.59. The van der Waals surface area contributed by atoms with Crippen LogP contribution in [0.15, 0.2) is 29.3 Å². The van der Waals surface area contributed by atoms with Gasteiger partial charge in [0.15, 0.2) is 0 Å². The Morgan fingerprint density at radius 3 is 2.60 bits per heavy atom. The van der Waals surface area contributed by atoms with E-state index in [2.05, 4.69) is 38.1 Å². The average Bonchev–Trinajstić information content (AvgIpc) is 2.81. The molecule has 0 unspecified atom stereocenters. The molecule has 0 amide bonds. The van der Waals surface area contributed by atoms with Crippen molar-refractivity contribution >= 4 is 5.90 Å². The number of nitrogens with zero attached hydrogens (tertiary/aromatic N) is 1. The van der Waals surface area contributed by atoms with Crippen LogP contribution in [-0.2, 0) is 11.2 Å². The van der Waals surface area contributed by atoms with Crippen LogP contribution >= 0.6 is 0 Å². The molecule has 0 saturated heterocycles. The summed E-state index contributed by atoms with van der Waals surface area (Å²) in [6.45, 7) is 4.95. The second-order valence-corrected chi connectivity index (χ2v) is 6.88. The average molecular weight is 271 g/mol. The molecule has 1 aromatic rings. The van der Waals surface area contributed by atoms with E-state index in [1.165, 1.54) is 49.7 Å². The summed E-state index contributed by atoms with van der Waals surface area (Å²) in [6.07, 6.45) is 8.16. The lowest BCUT2D eigenvalue weighted by molar-refractivity contribution is 0.279. The van der Waals surface area contributed by atoms with Gasteiger partial charge in [-0.15, -0.1) is 0 Å². The van der Waals surface area contributed by atoms with Crippen LogP contribution in [0, 0.1) is 5.92 Å². The summed E-state index contributed by atoms with van der Waals surface area (Å²) in [7, 11) is 0. The van der Waals surface area contributed by atoms with Crippen LogP contribution in [0.2, 0.25) is 0 Å². The van der Waals surface area contributed by atoms with Crippen molar-refractivity contribution in [3.05, 3.63) is 35.4 Å². The van der Waals surface area contributed by atoms with Gasteiger partial charge in [0.05, 0.1) is 5.54 Å². The van der Waals surface area contributed by atoms with Gasteiger partial charge < -0.3 is 4.74 Å². The molecule has 1 heterocycles. The van der Waals surface area contributed by atoms with Gasteiger partial charge in [0.2, 0.25) is 5.90 Å². The Balaban J connectivity index is 1.81. The summed E-state index contributed by atoms with van der Waals surface area (Å²) >= 11 is 0. The maximum Gasteiger partial charge on any atom is 0.217 e. The van der Waals surface area contributed by atoms with Crippen molar-refractivity contribution in [2.75, 3.05) is 6.61 Å². The molecule has 0 aromatic heterocycles. The molecule has 1 aliphatic heterocycles. The second-order valence-electron chi connectivity index (χ2n) is 6.88. The molecule has 20 heavy (non-hydrogen) atoms. The molecule has 3 rings (SSSR count). The van der Waals surface area contributed by atoms with Crippen LogP contribution in [0.1, 0.15) is 57.1 Å². The predicted molar refractivity (Wildman–Crippen MR) is 83.3 cm³/mol. The van der Waals surface area contributed by atoms with E-state index in [9.17, 15) is 0 Å². The third kappa shape index (κ3) is 3.05. The predicted octanol–water partition coefficient (Wildman–Crippen LogP) is 4.36. The minimum atomic E-state index is -0.0761. The van der Waals surface area contributed by atoms with Gasteiger partial charge >= 0.3 is 0 Å². The Bertz CT molecular complexity index is 498. The van der Waals surface area contributed by atoms with Crippen LogP contribution in [0.25, 0.3) is 0 Å². The van der Waals surface area contributed by atoms with E-state index in [1.807, 2.05) is 0 Å². The molecule has 2 aliphatic rings. The number of aliphatic imine (C=N–C) groups is 1. The van der Waals surface area contributed by atoms with Gasteiger partial charge in [0.25, 0.3) is 0 Å². The Morgan fingerprint density at radius 1 is 1.15 bits per heavy atom. The van der Waals surface area contributed by atoms with E-state index >= 15 is 0 Å². The molecule has 0 N–H and O–H groups in total. The summed E-state index contributed by atoms with van der Waals surface area (Å²) in [6, 6.07) is 8.65. The van der Waals surface area contributed by atoms with Crippen LogP contribution in [0.4, 0.5) is 0 Å². The Kier molecular flexibility index (Phi) is 3.82. The largest absolute Gasteiger partial charge is 0.475 e. The van der Waals surface area contributed by atoms with Crippen LogP contribution in [0.3, 0.4) is 0 Å². The fraction of sp³-hybridized carbons (Fsp3) is 0.611. The van der Waals surface area contributed by atoms with Crippen molar-refractivity contribution in [1.29, 1.82) is 0 Å². The third-order valence-corrected chi connectivity index (χ3v) is 4.45. The lowest BCUT2D eigenvalue weighted by Gasteiger charge is -2.22. The monoisotopic (exact) mass is 271 g/mol. The normalized spacial score (nSPS) is 22.4. The Labute approximate surface area is 122 Å². The van der Waals surface area contributed by atoms with Crippen molar-refractivity contribution in [3.8, 4) is 0 Å². The number of hydrogen-bond acceptors (Lipinski definition) is 2. The molecule has 0 bridgehead atoms. The Hall–Kier alpha value is -1.31. The zero-order valence-electron chi connectivity index (χ0n) is 12.7.